The van der Waals surface area contributed by atoms with Gasteiger partial charge in [0.05, 0.1) is 12.5 Å². The predicted octanol–water partition coefficient (Wildman–Crippen LogP) is 4.52. The maximum Gasteiger partial charge on any atom is 0.305 e. The van der Waals surface area contributed by atoms with E-state index in [9.17, 15) is 4.79 Å². The summed E-state index contributed by atoms with van der Waals surface area (Å²) in [5.41, 5.74) is 5.53. The van der Waals surface area contributed by atoms with Crippen molar-refractivity contribution in [1.82, 2.24) is 0 Å². The molecule has 4 nitrogen and oxygen atoms in total. The molecule has 1 spiro atoms. The van der Waals surface area contributed by atoms with Crippen LogP contribution in [0.5, 0.6) is 0 Å². The minimum Gasteiger partial charge on any atom is -0.469 e. The summed E-state index contributed by atoms with van der Waals surface area (Å²) in [5.74, 6) is 0.273. The normalized spacial score (nSPS) is 27.1. The zero-order valence-electron chi connectivity index (χ0n) is 17.0. The summed E-state index contributed by atoms with van der Waals surface area (Å²) in [4.78, 5) is 19.4. The maximum atomic E-state index is 11.8. The molecule has 1 saturated carbocycles. The minimum absolute atomic E-state index is 0.0183. The smallest absolute Gasteiger partial charge is 0.305 e. The summed E-state index contributed by atoms with van der Waals surface area (Å²) < 4.78 is 4.89. The lowest BCUT2D eigenvalue weighted by atomic mass is 9.62. The molecule has 29 heavy (non-hydrogen) atoms. The monoisotopic (exact) mass is 388 g/mol. The Bertz CT molecular complexity index is 939. The lowest BCUT2D eigenvalue weighted by Gasteiger charge is -2.44. The molecule has 3 atom stereocenters. The molecular weight excluding hydrogens is 360 g/mol. The molecule has 0 bridgehead atoms. The van der Waals surface area contributed by atoms with Crippen LogP contribution < -0.4 is 4.90 Å². The minimum atomic E-state index is -0.114. The molecular formula is C25H28N2O2. The molecule has 2 aromatic rings. The van der Waals surface area contributed by atoms with Gasteiger partial charge in [0, 0.05) is 37.0 Å². The zero-order chi connectivity index (χ0) is 19.8. The van der Waals surface area contributed by atoms with Crippen molar-refractivity contribution < 1.29 is 9.53 Å². The van der Waals surface area contributed by atoms with Crippen LogP contribution in [-0.4, -0.2) is 31.4 Å². The van der Waals surface area contributed by atoms with Crippen LogP contribution in [-0.2, 0) is 21.5 Å². The number of esters is 1. The molecule has 0 saturated heterocycles. The van der Waals surface area contributed by atoms with Crippen LogP contribution >= 0.6 is 0 Å². The molecule has 1 aliphatic carbocycles. The number of anilines is 1. The molecule has 1 unspecified atom stereocenters. The highest BCUT2D eigenvalue weighted by Crippen LogP contribution is 2.56. The van der Waals surface area contributed by atoms with Gasteiger partial charge in [-0.25, -0.2) is 0 Å². The van der Waals surface area contributed by atoms with E-state index in [-0.39, 0.29) is 11.4 Å². The van der Waals surface area contributed by atoms with Gasteiger partial charge >= 0.3 is 5.97 Å². The highest BCUT2D eigenvalue weighted by Gasteiger charge is 2.58. The fourth-order valence-electron chi connectivity index (χ4n) is 5.99. The summed E-state index contributed by atoms with van der Waals surface area (Å²) in [7, 11) is 1.47. The van der Waals surface area contributed by atoms with E-state index in [2.05, 4.69) is 59.5 Å². The van der Waals surface area contributed by atoms with E-state index < -0.39 is 0 Å². The van der Waals surface area contributed by atoms with Gasteiger partial charge in [-0.05, 0) is 48.8 Å². The topological polar surface area (TPSA) is 41.9 Å². The fraction of sp³-hybridized carbons (Fsp3) is 0.440. The standard InChI is InChI=1S/C25H28N2O2/c1-29-23(28)14-12-19-11-13-22-25(15-16-26-24(19)25)20-9-5-6-10-21(20)27(22)17-18-7-3-2-4-8-18/h2-10,19,22H,11-17H2,1H3/t19?,22-,25-/m1/s1. The molecule has 1 fully saturated rings. The number of aliphatic imine (C=N–C) groups is 1. The average Bonchev–Trinajstić information content (AvgIpc) is 3.33. The Morgan fingerprint density at radius 3 is 2.76 bits per heavy atom. The number of fused-ring (bicyclic) bond motifs is 1. The van der Waals surface area contributed by atoms with Gasteiger partial charge in [-0.15, -0.1) is 0 Å². The van der Waals surface area contributed by atoms with E-state index >= 15 is 0 Å². The third-order valence-electron chi connectivity index (χ3n) is 7.18. The first-order valence-corrected chi connectivity index (χ1v) is 10.8. The summed E-state index contributed by atoms with van der Waals surface area (Å²) in [6.07, 6.45) is 4.66. The Labute approximate surface area is 172 Å². The van der Waals surface area contributed by atoms with Crippen LogP contribution in [0.25, 0.3) is 0 Å². The lowest BCUT2D eigenvalue weighted by molar-refractivity contribution is -0.140. The second-order valence-corrected chi connectivity index (χ2v) is 8.52. The molecule has 150 valence electrons. The second-order valence-electron chi connectivity index (χ2n) is 8.52. The van der Waals surface area contributed by atoms with Gasteiger partial charge in [0.25, 0.3) is 0 Å². The number of para-hydroxylation sites is 1. The van der Waals surface area contributed by atoms with Gasteiger partial charge in [0.1, 0.15) is 0 Å². The van der Waals surface area contributed by atoms with E-state index in [1.807, 2.05) is 0 Å². The third-order valence-corrected chi connectivity index (χ3v) is 7.18. The highest BCUT2D eigenvalue weighted by atomic mass is 16.5. The Morgan fingerprint density at radius 2 is 1.93 bits per heavy atom. The van der Waals surface area contributed by atoms with E-state index in [4.69, 9.17) is 9.73 Å². The molecule has 0 radical (unpaired) electrons. The van der Waals surface area contributed by atoms with Crippen LogP contribution in [0.1, 0.15) is 43.2 Å². The number of carbonyl (C=O) groups excluding carboxylic acids is 1. The van der Waals surface area contributed by atoms with Crippen molar-refractivity contribution in [2.75, 3.05) is 18.6 Å². The van der Waals surface area contributed by atoms with Crippen molar-refractivity contribution in [3.05, 3.63) is 65.7 Å². The van der Waals surface area contributed by atoms with Crippen LogP contribution in [0.4, 0.5) is 5.69 Å². The van der Waals surface area contributed by atoms with Crippen molar-refractivity contribution in [3.63, 3.8) is 0 Å². The van der Waals surface area contributed by atoms with Gasteiger partial charge in [-0.2, -0.15) is 0 Å². The summed E-state index contributed by atoms with van der Waals surface area (Å²) in [5, 5.41) is 0. The first-order chi connectivity index (χ1) is 14.2. The van der Waals surface area contributed by atoms with Gasteiger partial charge < -0.3 is 9.64 Å². The summed E-state index contributed by atoms with van der Waals surface area (Å²) in [6, 6.07) is 20.2. The van der Waals surface area contributed by atoms with Gasteiger partial charge in [0.15, 0.2) is 0 Å². The molecule has 2 aliphatic heterocycles. The molecule has 5 rings (SSSR count). The summed E-state index contributed by atoms with van der Waals surface area (Å²) >= 11 is 0. The Morgan fingerprint density at radius 1 is 1.14 bits per heavy atom. The number of methoxy groups -OCH3 is 1. The van der Waals surface area contributed by atoms with Crippen molar-refractivity contribution in [2.45, 2.75) is 50.1 Å². The van der Waals surface area contributed by atoms with Crippen molar-refractivity contribution in [3.8, 4) is 0 Å². The number of nitrogens with zero attached hydrogens (tertiary/aromatic N) is 2. The quantitative estimate of drug-likeness (QED) is 0.707. The van der Waals surface area contributed by atoms with Crippen LogP contribution in [0.15, 0.2) is 59.6 Å². The second kappa shape index (κ2) is 7.33. The average molecular weight is 389 g/mol. The zero-order valence-corrected chi connectivity index (χ0v) is 17.0. The fourth-order valence-corrected chi connectivity index (χ4v) is 5.99. The van der Waals surface area contributed by atoms with E-state index in [0.29, 0.717) is 18.4 Å². The highest BCUT2D eigenvalue weighted by molar-refractivity contribution is 6.03. The molecule has 3 aliphatic rings. The molecule has 2 aromatic carbocycles. The van der Waals surface area contributed by atoms with E-state index in [1.54, 1.807) is 0 Å². The van der Waals surface area contributed by atoms with Gasteiger partial charge in [-0.3, -0.25) is 9.79 Å². The molecule has 0 aromatic heterocycles. The first kappa shape index (κ1) is 18.4. The van der Waals surface area contributed by atoms with Crippen LogP contribution in [0.3, 0.4) is 0 Å². The SMILES string of the molecule is COC(=O)CCC1CC[C@H]2N(Cc3ccccc3)c3ccccc3[C@]23CCN=C13. The first-order valence-electron chi connectivity index (χ1n) is 10.8. The van der Waals surface area contributed by atoms with E-state index in [0.717, 1.165) is 38.8 Å². The number of ether oxygens (including phenoxy) is 1. The molecule has 2 heterocycles. The van der Waals surface area contributed by atoms with Gasteiger partial charge in [0.2, 0.25) is 0 Å². The molecule has 0 N–H and O–H groups in total. The number of rotatable bonds is 5. The lowest BCUT2D eigenvalue weighted by Crippen LogP contribution is -2.53. The Hall–Kier alpha value is -2.62. The number of hydrogen-bond acceptors (Lipinski definition) is 4. The van der Waals surface area contributed by atoms with E-state index in [1.165, 1.54) is 29.6 Å². The Balaban J connectivity index is 1.51. The van der Waals surface area contributed by atoms with Crippen molar-refractivity contribution >= 4 is 17.4 Å². The maximum absolute atomic E-state index is 11.8. The number of benzene rings is 2. The van der Waals surface area contributed by atoms with Gasteiger partial charge in [-0.1, -0.05) is 48.5 Å². The largest absolute Gasteiger partial charge is 0.469 e. The predicted molar refractivity (Wildman–Crippen MR) is 115 cm³/mol. The van der Waals surface area contributed by atoms with Crippen LogP contribution in [0, 0.1) is 5.92 Å². The van der Waals surface area contributed by atoms with Crippen molar-refractivity contribution in [2.24, 2.45) is 10.9 Å². The van der Waals surface area contributed by atoms with Crippen molar-refractivity contribution in [1.29, 1.82) is 0 Å². The number of hydrogen-bond donors (Lipinski definition) is 0. The molecule has 4 heteroatoms. The molecule has 0 amide bonds. The number of carbonyl (C=O) groups is 1. The van der Waals surface area contributed by atoms with Crippen LogP contribution in [0.2, 0.25) is 0 Å². The third kappa shape index (κ3) is 2.88. The Kier molecular flexibility index (Phi) is 4.65. The summed E-state index contributed by atoms with van der Waals surface area (Å²) in [6.45, 7) is 1.83.